The van der Waals surface area contributed by atoms with Gasteiger partial charge in [0.15, 0.2) is 0 Å². The molecule has 182 valence electrons. The average molecular weight is 472 g/mol. The molecule has 0 bridgehead atoms. The van der Waals surface area contributed by atoms with Gasteiger partial charge in [-0.1, -0.05) is 60.7 Å². The largest absolute Gasteiger partial charge is 0.490 e. The normalized spacial score (nSPS) is 21.4. The first-order chi connectivity index (χ1) is 17.0. The second-order valence-corrected chi connectivity index (χ2v) is 9.77. The molecule has 35 heavy (non-hydrogen) atoms. The van der Waals surface area contributed by atoms with Crippen molar-refractivity contribution in [2.24, 2.45) is 0 Å². The van der Waals surface area contributed by atoms with Gasteiger partial charge in [0, 0.05) is 24.1 Å². The van der Waals surface area contributed by atoms with Crippen molar-refractivity contribution >= 4 is 22.8 Å². The monoisotopic (exact) mass is 471 g/mol. The molecule has 1 N–H and O–H groups in total. The Balaban J connectivity index is 1.13. The van der Waals surface area contributed by atoms with Crippen LogP contribution in [0.15, 0.2) is 72.3 Å². The van der Waals surface area contributed by atoms with E-state index in [0.717, 1.165) is 31.5 Å². The van der Waals surface area contributed by atoms with Crippen molar-refractivity contribution < 1.29 is 19.4 Å². The van der Waals surface area contributed by atoms with Crippen LogP contribution in [0.5, 0.6) is 5.75 Å². The molecular formula is C30H33NO4. The van der Waals surface area contributed by atoms with Gasteiger partial charge in [-0.05, 0) is 67.3 Å². The van der Waals surface area contributed by atoms with Crippen LogP contribution in [0.2, 0.25) is 0 Å². The number of hydrogen-bond acceptors (Lipinski definition) is 5. The standard InChI is InChI=1S/C30H33NO4/c1-21-16-27(30(33)35-21)18-26-8-4-5-9-29(26)34-20-28(32)19-31-14-12-23(13-15-31)25-11-10-22-6-2-3-7-24(22)17-25/h2-11,17-18,21,23,28,32H,12-16,19-20H2,1H3/t21?,28-/m0/s1. The van der Waals surface area contributed by atoms with Crippen molar-refractivity contribution in [2.45, 2.75) is 44.3 Å². The molecule has 5 heteroatoms. The minimum absolute atomic E-state index is 0.0889. The minimum Gasteiger partial charge on any atom is -0.490 e. The molecule has 0 saturated carbocycles. The highest BCUT2D eigenvalue weighted by Crippen LogP contribution is 2.31. The van der Waals surface area contributed by atoms with E-state index in [1.807, 2.05) is 37.3 Å². The Labute approximate surface area is 207 Å². The fourth-order valence-corrected chi connectivity index (χ4v) is 5.18. The van der Waals surface area contributed by atoms with Crippen molar-refractivity contribution in [1.29, 1.82) is 0 Å². The van der Waals surface area contributed by atoms with E-state index in [-0.39, 0.29) is 18.7 Å². The molecule has 2 fully saturated rings. The van der Waals surface area contributed by atoms with Crippen LogP contribution in [0.4, 0.5) is 0 Å². The number of carbonyl (C=O) groups is 1. The number of carbonyl (C=O) groups excluding carboxylic acids is 1. The Hall–Kier alpha value is -3.15. The molecule has 3 aromatic rings. The molecule has 0 radical (unpaired) electrons. The van der Waals surface area contributed by atoms with E-state index in [4.69, 9.17) is 9.47 Å². The Bertz CT molecular complexity index is 1210. The number of aliphatic hydroxyl groups is 1. The number of ether oxygens (including phenoxy) is 2. The van der Waals surface area contributed by atoms with Gasteiger partial charge in [-0.25, -0.2) is 4.79 Å². The summed E-state index contributed by atoms with van der Waals surface area (Å²) >= 11 is 0. The number of piperidine rings is 1. The third-order valence-corrected chi connectivity index (χ3v) is 7.06. The SMILES string of the molecule is CC1CC(=Cc2ccccc2OC[C@@H](O)CN2CCC(c3ccc4ccccc4c3)CC2)C(=O)O1. The number of rotatable bonds is 7. The summed E-state index contributed by atoms with van der Waals surface area (Å²) in [5.41, 5.74) is 2.90. The summed E-state index contributed by atoms with van der Waals surface area (Å²) < 4.78 is 11.2. The van der Waals surface area contributed by atoms with Crippen LogP contribution in [0.25, 0.3) is 16.8 Å². The molecule has 3 aromatic carbocycles. The van der Waals surface area contributed by atoms with Crippen molar-refractivity contribution in [1.82, 2.24) is 4.90 Å². The summed E-state index contributed by atoms with van der Waals surface area (Å²) in [5.74, 6) is 0.968. The van der Waals surface area contributed by atoms with Gasteiger partial charge >= 0.3 is 5.97 Å². The predicted molar refractivity (Wildman–Crippen MR) is 138 cm³/mol. The maximum atomic E-state index is 12.0. The van der Waals surface area contributed by atoms with Gasteiger partial charge in [0.1, 0.15) is 24.6 Å². The van der Waals surface area contributed by atoms with Gasteiger partial charge in [0.25, 0.3) is 0 Å². The van der Waals surface area contributed by atoms with E-state index < -0.39 is 6.10 Å². The van der Waals surface area contributed by atoms with E-state index in [0.29, 0.717) is 30.2 Å². The molecule has 1 unspecified atom stereocenters. The molecule has 0 spiro atoms. The molecule has 2 aliphatic heterocycles. The van der Waals surface area contributed by atoms with E-state index in [1.165, 1.54) is 16.3 Å². The second-order valence-electron chi connectivity index (χ2n) is 9.77. The number of esters is 1. The van der Waals surface area contributed by atoms with Crippen LogP contribution in [0.3, 0.4) is 0 Å². The number of hydrogen-bond donors (Lipinski definition) is 1. The van der Waals surface area contributed by atoms with E-state index >= 15 is 0 Å². The van der Waals surface area contributed by atoms with Crippen molar-refractivity contribution in [3.8, 4) is 5.75 Å². The predicted octanol–water partition coefficient (Wildman–Crippen LogP) is 5.18. The second kappa shape index (κ2) is 10.6. The summed E-state index contributed by atoms with van der Waals surface area (Å²) in [4.78, 5) is 14.3. The number of cyclic esters (lactones) is 1. The Morgan fingerprint density at radius 3 is 2.57 bits per heavy atom. The van der Waals surface area contributed by atoms with Crippen LogP contribution in [-0.2, 0) is 9.53 Å². The van der Waals surface area contributed by atoms with Gasteiger partial charge in [-0.2, -0.15) is 0 Å². The Morgan fingerprint density at radius 1 is 1.06 bits per heavy atom. The maximum Gasteiger partial charge on any atom is 0.334 e. The van der Waals surface area contributed by atoms with Crippen LogP contribution in [0.1, 0.15) is 43.2 Å². The summed E-state index contributed by atoms with van der Waals surface area (Å²) in [5, 5.41) is 13.2. The maximum absolute atomic E-state index is 12.0. The Kier molecular flexibility index (Phi) is 7.16. The molecule has 2 atom stereocenters. The lowest BCUT2D eigenvalue weighted by molar-refractivity contribution is -0.138. The number of nitrogens with zero attached hydrogens (tertiary/aromatic N) is 1. The molecule has 2 saturated heterocycles. The third-order valence-electron chi connectivity index (χ3n) is 7.06. The highest BCUT2D eigenvalue weighted by molar-refractivity contribution is 5.96. The molecule has 2 heterocycles. The van der Waals surface area contributed by atoms with Crippen molar-refractivity contribution in [3.05, 3.63) is 83.4 Å². The highest BCUT2D eigenvalue weighted by Gasteiger charge is 2.26. The topological polar surface area (TPSA) is 59.0 Å². The summed E-state index contributed by atoms with van der Waals surface area (Å²) in [6, 6.07) is 22.9. The van der Waals surface area contributed by atoms with Crippen molar-refractivity contribution in [2.75, 3.05) is 26.2 Å². The number of β-amino-alcohol motifs (C(OH)–C–C–N with tert-alkyl or cyclic N) is 1. The minimum atomic E-state index is -0.579. The molecule has 5 nitrogen and oxygen atoms in total. The molecule has 2 aliphatic rings. The zero-order valence-corrected chi connectivity index (χ0v) is 20.2. The lowest BCUT2D eigenvalue weighted by Crippen LogP contribution is -2.40. The van der Waals surface area contributed by atoms with Gasteiger partial charge in [-0.15, -0.1) is 0 Å². The molecule has 0 amide bonds. The lowest BCUT2D eigenvalue weighted by Gasteiger charge is -2.33. The van der Waals surface area contributed by atoms with E-state index in [9.17, 15) is 9.90 Å². The summed E-state index contributed by atoms with van der Waals surface area (Å²) in [6.07, 6.45) is 3.96. The van der Waals surface area contributed by atoms with Gasteiger partial charge < -0.3 is 19.5 Å². The smallest absolute Gasteiger partial charge is 0.334 e. The first-order valence-corrected chi connectivity index (χ1v) is 12.6. The quantitative estimate of drug-likeness (QED) is 0.380. The first-order valence-electron chi connectivity index (χ1n) is 12.6. The van der Waals surface area contributed by atoms with Crippen molar-refractivity contribution in [3.63, 3.8) is 0 Å². The number of fused-ring (bicyclic) bond motifs is 1. The van der Waals surface area contributed by atoms with Crippen LogP contribution in [-0.4, -0.2) is 54.4 Å². The van der Waals surface area contributed by atoms with Crippen LogP contribution < -0.4 is 4.74 Å². The number of para-hydroxylation sites is 1. The number of benzene rings is 3. The van der Waals surface area contributed by atoms with E-state index in [2.05, 4.69) is 47.4 Å². The fraction of sp³-hybridized carbons (Fsp3) is 0.367. The Morgan fingerprint density at radius 2 is 1.80 bits per heavy atom. The molecular weight excluding hydrogens is 438 g/mol. The first kappa shape index (κ1) is 23.6. The number of aliphatic hydroxyl groups excluding tert-OH is 1. The lowest BCUT2D eigenvalue weighted by atomic mass is 9.88. The summed E-state index contributed by atoms with van der Waals surface area (Å²) in [6.45, 7) is 4.64. The van der Waals surface area contributed by atoms with E-state index in [1.54, 1.807) is 0 Å². The zero-order chi connectivity index (χ0) is 24.2. The molecule has 5 rings (SSSR count). The zero-order valence-electron chi connectivity index (χ0n) is 20.2. The van der Waals surface area contributed by atoms with Crippen LogP contribution in [0, 0.1) is 0 Å². The molecule has 0 aliphatic carbocycles. The van der Waals surface area contributed by atoms with Crippen LogP contribution >= 0.6 is 0 Å². The average Bonchev–Trinajstić information content (AvgIpc) is 3.20. The highest BCUT2D eigenvalue weighted by atomic mass is 16.5. The van der Waals surface area contributed by atoms with Gasteiger partial charge in [-0.3, -0.25) is 0 Å². The van der Waals surface area contributed by atoms with Gasteiger partial charge in [0.2, 0.25) is 0 Å². The fourth-order valence-electron chi connectivity index (χ4n) is 5.18. The summed E-state index contributed by atoms with van der Waals surface area (Å²) in [7, 11) is 0. The van der Waals surface area contributed by atoms with Gasteiger partial charge in [0.05, 0.1) is 0 Å². The third kappa shape index (κ3) is 5.75. The number of likely N-dealkylation sites (tertiary alicyclic amines) is 1. The molecule has 0 aromatic heterocycles.